The lowest BCUT2D eigenvalue weighted by Crippen LogP contribution is -2.37. The van der Waals surface area contributed by atoms with Crippen LogP contribution in [-0.2, 0) is 24.3 Å². The second kappa shape index (κ2) is 9.32. The number of rotatable bonds is 8. The summed E-state index contributed by atoms with van der Waals surface area (Å²) in [6.07, 6.45) is 0. The number of hydrogen-bond acceptors (Lipinski definition) is 6. The van der Waals surface area contributed by atoms with E-state index in [1.54, 1.807) is 19.9 Å². The normalized spacial score (nSPS) is 11.0. The maximum Gasteiger partial charge on any atom is 0.340 e. The standard InChI is InChI=1S/C19H20FNO6S/c1-3-26-18(22)13-21(28(24,25)15-11-9-14(20)10-12-15)17-8-6-5-7-16(17)19(23)27-4-2/h5-12H,3-4,13H2,1-2H3. The molecule has 7 nitrogen and oxygen atoms in total. The van der Waals surface area contributed by atoms with Gasteiger partial charge in [-0.15, -0.1) is 0 Å². The summed E-state index contributed by atoms with van der Waals surface area (Å²) in [5.74, 6) is -2.14. The zero-order valence-corrected chi connectivity index (χ0v) is 16.2. The molecular formula is C19H20FNO6S. The molecule has 0 bridgehead atoms. The fourth-order valence-electron chi connectivity index (χ4n) is 2.43. The number of benzene rings is 2. The van der Waals surface area contributed by atoms with Crippen LogP contribution in [-0.4, -0.2) is 40.1 Å². The summed E-state index contributed by atoms with van der Waals surface area (Å²) in [6, 6.07) is 9.99. The number of esters is 2. The van der Waals surface area contributed by atoms with E-state index in [9.17, 15) is 22.4 Å². The third-order valence-electron chi connectivity index (χ3n) is 3.65. The monoisotopic (exact) mass is 409 g/mol. The van der Waals surface area contributed by atoms with Gasteiger partial charge in [0.05, 0.1) is 29.4 Å². The molecule has 2 aromatic rings. The van der Waals surface area contributed by atoms with Gasteiger partial charge in [0.25, 0.3) is 10.0 Å². The number of carbonyl (C=O) groups excluding carboxylic acids is 2. The van der Waals surface area contributed by atoms with Crippen LogP contribution in [0.25, 0.3) is 0 Å². The molecule has 0 aliphatic carbocycles. The van der Waals surface area contributed by atoms with Crippen molar-refractivity contribution in [2.75, 3.05) is 24.1 Å². The predicted octanol–water partition coefficient (Wildman–Crippen LogP) is 2.76. The van der Waals surface area contributed by atoms with E-state index < -0.39 is 34.3 Å². The molecule has 0 fully saturated rings. The molecule has 0 N–H and O–H groups in total. The van der Waals surface area contributed by atoms with Gasteiger partial charge in [0, 0.05) is 0 Å². The van der Waals surface area contributed by atoms with Crippen molar-refractivity contribution >= 4 is 27.6 Å². The van der Waals surface area contributed by atoms with Crippen molar-refractivity contribution in [1.82, 2.24) is 0 Å². The molecule has 0 unspecified atom stereocenters. The minimum Gasteiger partial charge on any atom is -0.465 e. The Morgan fingerprint density at radius 2 is 1.57 bits per heavy atom. The molecule has 0 heterocycles. The molecule has 9 heteroatoms. The minimum atomic E-state index is -4.30. The zero-order valence-electron chi connectivity index (χ0n) is 15.4. The van der Waals surface area contributed by atoms with Crippen LogP contribution >= 0.6 is 0 Å². The highest BCUT2D eigenvalue weighted by Crippen LogP contribution is 2.28. The molecule has 2 aromatic carbocycles. The van der Waals surface area contributed by atoms with Gasteiger partial charge in [-0.3, -0.25) is 9.10 Å². The molecule has 0 radical (unpaired) electrons. The number of nitrogens with zero attached hydrogens (tertiary/aromatic N) is 1. The van der Waals surface area contributed by atoms with Gasteiger partial charge < -0.3 is 9.47 Å². The molecule has 0 spiro atoms. The molecule has 0 saturated heterocycles. The summed E-state index contributed by atoms with van der Waals surface area (Å²) in [4.78, 5) is 24.1. The molecule has 2 rings (SSSR count). The lowest BCUT2D eigenvalue weighted by atomic mass is 10.2. The van der Waals surface area contributed by atoms with E-state index in [1.165, 1.54) is 18.2 Å². The van der Waals surface area contributed by atoms with Crippen molar-refractivity contribution < 1.29 is 31.9 Å². The van der Waals surface area contributed by atoms with Gasteiger partial charge in [0.2, 0.25) is 0 Å². The fraction of sp³-hybridized carbons (Fsp3) is 0.263. The van der Waals surface area contributed by atoms with Crippen LogP contribution in [0, 0.1) is 5.82 Å². The van der Waals surface area contributed by atoms with Crippen molar-refractivity contribution in [2.24, 2.45) is 0 Å². The summed E-state index contributed by atoms with van der Waals surface area (Å²) < 4.78 is 50.1. The van der Waals surface area contributed by atoms with Crippen LogP contribution in [0.1, 0.15) is 24.2 Å². The van der Waals surface area contributed by atoms with Crippen molar-refractivity contribution in [3.8, 4) is 0 Å². The zero-order chi connectivity index (χ0) is 20.7. The number of sulfonamides is 1. The van der Waals surface area contributed by atoms with E-state index in [0.29, 0.717) is 0 Å². The Hall–Kier alpha value is -2.94. The molecular weight excluding hydrogens is 389 g/mol. The highest BCUT2D eigenvalue weighted by molar-refractivity contribution is 7.92. The first-order valence-electron chi connectivity index (χ1n) is 8.51. The van der Waals surface area contributed by atoms with Gasteiger partial charge in [0.1, 0.15) is 12.4 Å². The highest BCUT2D eigenvalue weighted by atomic mass is 32.2. The first kappa shape index (κ1) is 21.4. The Bertz CT molecular complexity index is 943. The van der Waals surface area contributed by atoms with E-state index >= 15 is 0 Å². The fourth-order valence-corrected chi connectivity index (χ4v) is 3.86. The Morgan fingerprint density at radius 1 is 0.964 bits per heavy atom. The molecule has 0 aliphatic rings. The predicted molar refractivity (Wildman–Crippen MR) is 100.0 cm³/mol. The van der Waals surface area contributed by atoms with E-state index in [4.69, 9.17) is 9.47 Å². The summed E-state index contributed by atoms with van der Waals surface area (Å²) in [7, 11) is -4.30. The summed E-state index contributed by atoms with van der Waals surface area (Å²) in [5, 5.41) is 0. The minimum absolute atomic E-state index is 0.0284. The summed E-state index contributed by atoms with van der Waals surface area (Å²) in [5.41, 5.74) is -0.0716. The SMILES string of the molecule is CCOC(=O)CN(c1ccccc1C(=O)OCC)S(=O)(=O)c1ccc(F)cc1. The van der Waals surface area contributed by atoms with Crippen molar-refractivity contribution in [2.45, 2.75) is 18.7 Å². The Labute approximate surface area is 162 Å². The molecule has 150 valence electrons. The van der Waals surface area contributed by atoms with Gasteiger partial charge in [-0.05, 0) is 50.2 Å². The number of hydrogen-bond donors (Lipinski definition) is 0. The average molecular weight is 409 g/mol. The average Bonchev–Trinajstić information content (AvgIpc) is 2.67. The smallest absolute Gasteiger partial charge is 0.340 e. The molecule has 28 heavy (non-hydrogen) atoms. The molecule has 0 aromatic heterocycles. The Morgan fingerprint density at radius 3 is 2.18 bits per heavy atom. The quantitative estimate of drug-likeness (QED) is 0.623. The van der Waals surface area contributed by atoms with Gasteiger partial charge in [-0.2, -0.15) is 0 Å². The molecule has 0 aliphatic heterocycles. The Kier molecular flexibility index (Phi) is 7.11. The topological polar surface area (TPSA) is 90.0 Å². The van der Waals surface area contributed by atoms with Gasteiger partial charge in [0.15, 0.2) is 0 Å². The number of halogens is 1. The van der Waals surface area contributed by atoms with Crippen molar-refractivity contribution in [3.05, 3.63) is 59.9 Å². The van der Waals surface area contributed by atoms with E-state index in [1.807, 2.05) is 0 Å². The van der Waals surface area contributed by atoms with Crippen LogP contribution in [0.5, 0.6) is 0 Å². The second-order valence-electron chi connectivity index (χ2n) is 5.51. The number of anilines is 1. The second-order valence-corrected chi connectivity index (χ2v) is 7.37. The third-order valence-corrected chi connectivity index (χ3v) is 5.42. The van der Waals surface area contributed by atoms with Gasteiger partial charge >= 0.3 is 11.9 Å². The first-order chi connectivity index (χ1) is 13.3. The lowest BCUT2D eigenvalue weighted by molar-refractivity contribution is -0.141. The summed E-state index contributed by atoms with van der Waals surface area (Å²) in [6.45, 7) is 2.69. The largest absolute Gasteiger partial charge is 0.465 e. The van der Waals surface area contributed by atoms with Crippen LogP contribution in [0.15, 0.2) is 53.4 Å². The van der Waals surface area contributed by atoms with Crippen molar-refractivity contribution in [3.63, 3.8) is 0 Å². The van der Waals surface area contributed by atoms with Gasteiger partial charge in [-0.1, -0.05) is 12.1 Å². The Balaban J connectivity index is 2.59. The summed E-state index contributed by atoms with van der Waals surface area (Å²) >= 11 is 0. The maximum absolute atomic E-state index is 13.2. The van der Waals surface area contributed by atoms with Gasteiger partial charge in [-0.25, -0.2) is 17.6 Å². The van der Waals surface area contributed by atoms with Crippen LogP contribution in [0.4, 0.5) is 10.1 Å². The van der Waals surface area contributed by atoms with Crippen LogP contribution in [0.3, 0.4) is 0 Å². The van der Waals surface area contributed by atoms with Crippen LogP contribution in [0.2, 0.25) is 0 Å². The number of ether oxygens (including phenoxy) is 2. The molecule has 0 amide bonds. The molecule has 0 saturated carbocycles. The van der Waals surface area contributed by atoms with E-state index in [-0.39, 0.29) is 29.4 Å². The van der Waals surface area contributed by atoms with E-state index in [0.717, 1.165) is 28.6 Å². The van der Waals surface area contributed by atoms with Crippen LogP contribution < -0.4 is 4.31 Å². The van der Waals surface area contributed by atoms with E-state index in [2.05, 4.69) is 0 Å². The lowest BCUT2D eigenvalue weighted by Gasteiger charge is -2.25. The third kappa shape index (κ3) is 4.86. The first-order valence-corrected chi connectivity index (χ1v) is 9.95. The van der Waals surface area contributed by atoms with Crippen molar-refractivity contribution in [1.29, 1.82) is 0 Å². The number of para-hydroxylation sites is 1. The number of carbonyl (C=O) groups is 2. The highest BCUT2D eigenvalue weighted by Gasteiger charge is 2.31. The maximum atomic E-state index is 13.2. The molecule has 0 atom stereocenters.